The Balaban J connectivity index is 2.37. The molecule has 2 rings (SSSR count). The fourth-order valence-corrected chi connectivity index (χ4v) is 1.91. The molecule has 2 nitrogen and oxygen atoms in total. The Bertz CT molecular complexity index is 407. The largest absolute Gasteiger partial charge is 0.481 e. The van der Waals surface area contributed by atoms with Crippen LogP contribution in [-0.2, 0) is 0 Å². The van der Waals surface area contributed by atoms with Crippen LogP contribution in [0.15, 0.2) is 12.1 Å². The molecular weight excluding hydrogens is 188 g/mol. The molecule has 0 saturated carbocycles. The summed E-state index contributed by atoms with van der Waals surface area (Å²) in [6.07, 6.45) is 1.54. The van der Waals surface area contributed by atoms with Crippen LogP contribution < -0.4 is 4.74 Å². The van der Waals surface area contributed by atoms with E-state index in [4.69, 9.17) is 4.74 Å². The Labute approximate surface area is 90.3 Å². The van der Waals surface area contributed by atoms with Crippen LogP contribution in [0.25, 0.3) is 0 Å². The first-order valence-electron chi connectivity index (χ1n) is 5.45. The number of rotatable bonds is 2. The van der Waals surface area contributed by atoms with Gasteiger partial charge in [-0.25, -0.2) is 0 Å². The number of hydrogen-bond acceptors (Lipinski definition) is 2. The number of ketones is 1. The van der Waals surface area contributed by atoms with Gasteiger partial charge in [0.05, 0.1) is 5.56 Å². The Morgan fingerprint density at radius 3 is 2.60 bits per heavy atom. The highest BCUT2D eigenvalue weighted by molar-refractivity contribution is 6.04. The van der Waals surface area contributed by atoms with Crippen molar-refractivity contribution in [1.29, 1.82) is 0 Å². The molecule has 1 aliphatic heterocycles. The van der Waals surface area contributed by atoms with Gasteiger partial charge in [0.1, 0.15) is 5.75 Å². The van der Waals surface area contributed by atoms with Gasteiger partial charge in [-0.2, -0.15) is 0 Å². The molecule has 80 valence electrons. The van der Waals surface area contributed by atoms with Gasteiger partial charge in [0.2, 0.25) is 5.78 Å². The molecule has 0 radical (unpaired) electrons. The van der Waals surface area contributed by atoms with Crippen LogP contribution in [0.1, 0.15) is 41.3 Å². The molecule has 15 heavy (non-hydrogen) atoms. The second kappa shape index (κ2) is 3.69. The van der Waals surface area contributed by atoms with Crippen molar-refractivity contribution in [3.63, 3.8) is 0 Å². The van der Waals surface area contributed by atoms with Gasteiger partial charge in [0, 0.05) is 0 Å². The predicted octanol–water partition coefficient (Wildman–Crippen LogP) is 3.05. The van der Waals surface area contributed by atoms with Crippen LogP contribution in [0.5, 0.6) is 5.75 Å². The van der Waals surface area contributed by atoms with E-state index in [1.807, 2.05) is 26.0 Å². The average Bonchev–Trinajstić information content (AvgIpc) is 2.47. The number of benzene rings is 1. The van der Waals surface area contributed by atoms with E-state index in [9.17, 15) is 4.79 Å². The number of carbonyl (C=O) groups is 1. The second-order valence-corrected chi connectivity index (χ2v) is 4.19. The summed E-state index contributed by atoms with van der Waals surface area (Å²) < 4.78 is 5.65. The van der Waals surface area contributed by atoms with Gasteiger partial charge < -0.3 is 4.74 Å². The quantitative estimate of drug-likeness (QED) is 0.740. The molecule has 2 heteroatoms. The van der Waals surface area contributed by atoms with E-state index in [1.165, 1.54) is 5.56 Å². The van der Waals surface area contributed by atoms with E-state index >= 15 is 0 Å². The maximum absolute atomic E-state index is 11.9. The van der Waals surface area contributed by atoms with Crippen molar-refractivity contribution in [2.24, 2.45) is 0 Å². The number of fused-ring (bicyclic) bond motifs is 1. The highest BCUT2D eigenvalue weighted by Gasteiger charge is 2.31. The molecule has 0 spiro atoms. The molecule has 1 aliphatic rings. The number of ether oxygens (including phenoxy) is 1. The molecule has 0 fully saturated rings. The van der Waals surface area contributed by atoms with Gasteiger partial charge in [-0.05, 0) is 43.5 Å². The van der Waals surface area contributed by atoms with Gasteiger partial charge in [-0.1, -0.05) is 13.3 Å². The molecule has 1 heterocycles. The summed E-state index contributed by atoms with van der Waals surface area (Å²) in [6.45, 7) is 6.13. The van der Waals surface area contributed by atoms with E-state index in [0.29, 0.717) is 0 Å². The third kappa shape index (κ3) is 1.65. The molecule has 1 unspecified atom stereocenters. The first-order valence-corrected chi connectivity index (χ1v) is 5.45. The number of aryl methyl sites for hydroxylation is 2. The van der Waals surface area contributed by atoms with Crippen molar-refractivity contribution >= 4 is 5.78 Å². The lowest BCUT2D eigenvalue weighted by atomic mass is 10.0. The van der Waals surface area contributed by atoms with Gasteiger partial charge in [0.25, 0.3) is 0 Å². The normalized spacial score (nSPS) is 18.9. The summed E-state index contributed by atoms with van der Waals surface area (Å²) in [5.74, 6) is 0.913. The maximum Gasteiger partial charge on any atom is 0.207 e. The molecule has 0 bridgehead atoms. The van der Waals surface area contributed by atoms with Gasteiger partial charge in [-0.3, -0.25) is 4.79 Å². The first kappa shape index (κ1) is 10.2. The number of hydrogen-bond donors (Lipinski definition) is 0. The minimum Gasteiger partial charge on any atom is -0.481 e. The topological polar surface area (TPSA) is 26.3 Å². The van der Waals surface area contributed by atoms with E-state index < -0.39 is 0 Å². The third-order valence-electron chi connectivity index (χ3n) is 2.97. The molecule has 1 atom stereocenters. The lowest BCUT2D eigenvalue weighted by molar-refractivity contribution is 0.0845. The number of carbonyl (C=O) groups excluding carboxylic acids is 1. The summed E-state index contributed by atoms with van der Waals surface area (Å²) in [5.41, 5.74) is 3.10. The lowest BCUT2D eigenvalue weighted by Gasteiger charge is -2.06. The monoisotopic (exact) mass is 204 g/mol. The van der Waals surface area contributed by atoms with Gasteiger partial charge in [-0.15, -0.1) is 0 Å². The molecule has 0 saturated heterocycles. The molecule has 0 aliphatic carbocycles. The average molecular weight is 204 g/mol. The standard InChI is InChI=1S/C13H16O2/c1-4-5-11-13(14)10-6-8(2)9(3)7-12(10)15-11/h6-7,11H,4-5H2,1-3H3. The highest BCUT2D eigenvalue weighted by Crippen LogP contribution is 2.32. The Morgan fingerprint density at radius 1 is 1.27 bits per heavy atom. The van der Waals surface area contributed by atoms with Crippen LogP contribution >= 0.6 is 0 Å². The molecular formula is C13H16O2. The zero-order valence-corrected chi connectivity index (χ0v) is 9.46. The first-order chi connectivity index (χ1) is 7.13. The minimum absolute atomic E-state index is 0.148. The van der Waals surface area contributed by atoms with E-state index in [2.05, 4.69) is 6.92 Å². The third-order valence-corrected chi connectivity index (χ3v) is 2.97. The van der Waals surface area contributed by atoms with Gasteiger partial charge >= 0.3 is 0 Å². The van der Waals surface area contributed by atoms with Gasteiger partial charge in [0.15, 0.2) is 6.10 Å². The molecule has 1 aromatic rings. The molecule has 0 aromatic heterocycles. The zero-order chi connectivity index (χ0) is 11.0. The minimum atomic E-state index is -0.244. The van der Waals surface area contributed by atoms with E-state index in [0.717, 1.165) is 29.7 Å². The Hall–Kier alpha value is -1.31. The summed E-state index contributed by atoms with van der Waals surface area (Å²) in [6, 6.07) is 3.92. The fourth-order valence-electron chi connectivity index (χ4n) is 1.91. The van der Waals surface area contributed by atoms with E-state index in [-0.39, 0.29) is 11.9 Å². The zero-order valence-electron chi connectivity index (χ0n) is 9.46. The van der Waals surface area contributed by atoms with E-state index in [1.54, 1.807) is 0 Å². The smallest absolute Gasteiger partial charge is 0.207 e. The fraction of sp³-hybridized carbons (Fsp3) is 0.462. The lowest BCUT2D eigenvalue weighted by Crippen LogP contribution is -2.19. The summed E-state index contributed by atoms with van der Waals surface area (Å²) in [4.78, 5) is 11.9. The SMILES string of the molecule is CCCC1Oc2cc(C)c(C)cc2C1=O. The predicted molar refractivity (Wildman–Crippen MR) is 59.6 cm³/mol. The maximum atomic E-state index is 11.9. The van der Waals surface area contributed by atoms with Crippen molar-refractivity contribution in [2.45, 2.75) is 39.7 Å². The summed E-state index contributed by atoms with van der Waals surface area (Å²) >= 11 is 0. The van der Waals surface area contributed by atoms with Crippen LogP contribution in [0.4, 0.5) is 0 Å². The summed E-state index contributed by atoms with van der Waals surface area (Å²) in [7, 11) is 0. The number of Topliss-reactive ketones (excluding diaryl/α,β-unsaturated/α-hetero) is 1. The van der Waals surface area contributed by atoms with Crippen molar-refractivity contribution in [2.75, 3.05) is 0 Å². The second-order valence-electron chi connectivity index (χ2n) is 4.19. The van der Waals surface area contributed by atoms with Crippen LogP contribution in [0, 0.1) is 13.8 Å². The molecule has 1 aromatic carbocycles. The Kier molecular flexibility index (Phi) is 2.51. The molecule has 0 amide bonds. The highest BCUT2D eigenvalue weighted by atomic mass is 16.5. The van der Waals surface area contributed by atoms with Crippen molar-refractivity contribution in [3.05, 3.63) is 28.8 Å². The molecule has 0 N–H and O–H groups in total. The van der Waals surface area contributed by atoms with Crippen molar-refractivity contribution in [3.8, 4) is 5.75 Å². The van der Waals surface area contributed by atoms with Crippen LogP contribution in [0.2, 0.25) is 0 Å². The summed E-state index contributed by atoms with van der Waals surface area (Å²) in [5, 5.41) is 0. The Morgan fingerprint density at radius 2 is 1.93 bits per heavy atom. The van der Waals surface area contributed by atoms with Crippen molar-refractivity contribution in [1.82, 2.24) is 0 Å². The van der Waals surface area contributed by atoms with Crippen LogP contribution in [0.3, 0.4) is 0 Å². The van der Waals surface area contributed by atoms with Crippen molar-refractivity contribution < 1.29 is 9.53 Å². The van der Waals surface area contributed by atoms with Crippen LogP contribution in [-0.4, -0.2) is 11.9 Å².